The molecule has 3 rings (SSSR count). The number of piperidine rings is 1. The zero-order chi connectivity index (χ0) is 16.2. The van der Waals surface area contributed by atoms with Crippen molar-refractivity contribution in [2.45, 2.75) is 32.2 Å². The van der Waals surface area contributed by atoms with Crippen LogP contribution >= 0.6 is 0 Å². The van der Waals surface area contributed by atoms with Crippen LogP contribution < -0.4 is 0 Å². The largest absolute Gasteiger partial charge is 0.451 e. The SMILES string of the molecule is CC1CCCCN1C(=O)COC(=O)c1cnc2ccccc2n1. The summed E-state index contributed by atoms with van der Waals surface area (Å²) in [6.45, 7) is 2.50. The fourth-order valence-electron chi connectivity index (χ4n) is 2.81. The molecule has 1 fully saturated rings. The third kappa shape index (κ3) is 3.47. The minimum atomic E-state index is -0.624. The maximum absolute atomic E-state index is 12.2. The van der Waals surface area contributed by atoms with Gasteiger partial charge in [-0.2, -0.15) is 0 Å². The number of para-hydroxylation sites is 2. The van der Waals surface area contributed by atoms with Crippen molar-refractivity contribution < 1.29 is 14.3 Å². The molecule has 2 aromatic rings. The number of benzene rings is 1. The predicted molar refractivity (Wildman–Crippen MR) is 84.8 cm³/mol. The van der Waals surface area contributed by atoms with Crippen LogP contribution in [0.1, 0.15) is 36.7 Å². The highest BCUT2D eigenvalue weighted by Crippen LogP contribution is 2.16. The first-order valence-electron chi connectivity index (χ1n) is 7.83. The van der Waals surface area contributed by atoms with Gasteiger partial charge in [0.05, 0.1) is 17.2 Å². The van der Waals surface area contributed by atoms with Crippen LogP contribution in [0.2, 0.25) is 0 Å². The van der Waals surface area contributed by atoms with Crippen LogP contribution in [-0.4, -0.2) is 45.9 Å². The van der Waals surface area contributed by atoms with Crippen molar-refractivity contribution in [3.8, 4) is 0 Å². The van der Waals surface area contributed by atoms with E-state index in [4.69, 9.17) is 4.74 Å². The van der Waals surface area contributed by atoms with E-state index in [2.05, 4.69) is 9.97 Å². The highest BCUT2D eigenvalue weighted by Gasteiger charge is 2.24. The van der Waals surface area contributed by atoms with Crippen molar-refractivity contribution >= 4 is 22.9 Å². The summed E-state index contributed by atoms with van der Waals surface area (Å²) in [5.74, 6) is -0.777. The number of hydrogen-bond donors (Lipinski definition) is 0. The van der Waals surface area contributed by atoms with Crippen LogP contribution in [0.4, 0.5) is 0 Å². The van der Waals surface area contributed by atoms with E-state index in [-0.39, 0.29) is 24.2 Å². The van der Waals surface area contributed by atoms with E-state index < -0.39 is 5.97 Å². The summed E-state index contributed by atoms with van der Waals surface area (Å²) in [6.07, 6.45) is 4.51. The van der Waals surface area contributed by atoms with E-state index in [1.807, 2.05) is 25.1 Å². The Morgan fingerprint density at radius 1 is 1.26 bits per heavy atom. The van der Waals surface area contributed by atoms with Crippen molar-refractivity contribution in [1.29, 1.82) is 0 Å². The molecule has 2 heterocycles. The first kappa shape index (κ1) is 15.4. The van der Waals surface area contributed by atoms with Gasteiger partial charge in [0.25, 0.3) is 5.91 Å². The van der Waals surface area contributed by atoms with Crippen LogP contribution in [0.25, 0.3) is 11.0 Å². The van der Waals surface area contributed by atoms with E-state index >= 15 is 0 Å². The van der Waals surface area contributed by atoms with Crippen LogP contribution in [0.5, 0.6) is 0 Å². The Morgan fingerprint density at radius 3 is 2.83 bits per heavy atom. The first-order chi connectivity index (χ1) is 11.1. The summed E-state index contributed by atoms with van der Waals surface area (Å²) in [5.41, 5.74) is 1.45. The Morgan fingerprint density at radius 2 is 2.04 bits per heavy atom. The summed E-state index contributed by atoms with van der Waals surface area (Å²) in [5, 5.41) is 0. The molecule has 1 aromatic heterocycles. The summed E-state index contributed by atoms with van der Waals surface area (Å²) < 4.78 is 5.11. The zero-order valence-electron chi connectivity index (χ0n) is 13.1. The number of amides is 1. The van der Waals surface area contributed by atoms with Gasteiger partial charge in [0.15, 0.2) is 12.3 Å². The van der Waals surface area contributed by atoms with Gasteiger partial charge in [-0.1, -0.05) is 12.1 Å². The topological polar surface area (TPSA) is 72.4 Å². The summed E-state index contributed by atoms with van der Waals surface area (Å²) in [6, 6.07) is 7.48. The molecule has 0 saturated carbocycles. The van der Waals surface area contributed by atoms with E-state index in [1.54, 1.807) is 11.0 Å². The van der Waals surface area contributed by atoms with Gasteiger partial charge in [0.1, 0.15) is 0 Å². The van der Waals surface area contributed by atoms with Gasteiger partial charge in [0, 0.05) is 12.6 Å². The van der Waals surface area contributed by atoms with E-state index in [0.29, 0.717) is 11.0 Å². The monoisotopic (exact) mass is 313 g/mol. The van der Waals surface area contributed by atoms with E-state index in [1.165, 1.54) is 6.20 Å². The second kappa shape index (κ2) is 6.73. The normalized spacial score (nSPS) is 18.0. The van der Waals surface area contributed by atoms with Gasteiger partial charge in [0.2, 0.25) is 0 Å². The first-order valence-corrected chi connectivity index (χ1v) is 7.83. The second-order valence-corrected chi connectivity index (χ2v) is 5.75. The zero-order valence-corrected chi connectivity index (χ0v) is 13.1. The molecule has 0 bridgehead atoms. The van der Waals surface area contributed by atoms with E-state index in [0.717, 1.165) is 25.8 Å². The molecule has 120 valence electrons. The second-order valence-electron chi connectivity index (χ2n) is 5.75. The average molecular weight is 313 g/mol. The van der Waals surface area contributed by atoms with Gasteiger partial charge < -0.3 is 9.64 Å². The van der Waals surface area contributed by atoms with Crippen molar-refractivity contribution in [1.82, 2.24) is 14.9 Å². The number of carbonyl (C=O) groups is 2. The minimum Gasteiger partial charge on any atom is -0.451 e. The molecule has 23 heavy (non-hydrogen) atoms. The fraction of sp³-hybridized carbons (Fsp3) is 0.412. The lowest BCUT2D eigenvalue weighted by molar-refractivity contribution is -0.137. The molecule has 1 atom stereocenters. The van der Waals surface area contributed by atoms with Crippen LogP contribution in [-0.2, 0) is 9.53 Å². The van der Waals surface area contributed by atoms with Gasteiger partial charge in [-0.05, 0) is 38.3 Å². The summed E-state index contributed by atoms with van der Waals surface area (Å²) >= 11 is 0. The smallest absolute Gasteiger partial charge is 0.359 e. The molecule has 1 amide bonds. The molecule has 1 unspecified atom stereocenters. The van der Waals surface area contributed by atoms with Crippen molar-refractivity contribution in [3.63, 3.8) is 0 Å². The quantitative estimate of drug-likeness (QED) is 0.812. The highest BCUT2D eigenvalue weighted by molar-refractivity contribution is 5.91. The number of aromatic nitrogens is 2. The molecule has 0 radical (unpaired) electrons. The number of nitrogens with zero attached hydrogens (tertiary/aromatic N) is 3. The molecule has 0 spiro atoms. The molecule has 1 aliphatic rings. The van der Waals surface area contributed by atoms with Crippen molar-refractivity contribution in [2.24, 2.45) is 0 Å². The third-order valence-corrected chi connectivity index (χ3v) is 4.11. The molecule has 1 aliphatic heterocycles. The molecule has 1 saturated heterocycles. The van der Waals surface area contributed by atoms with Gasteiger partial charge in [-0.3, -0.25) is 9.78 Å². The maximum atomic E-state index is 12.2. The summed E-state index contributed by atoms with van der Waals surface area (Å²) in [7, 11) is 0. The Kier molecular flexibility index (Phi) is 4.50. The number of carbonyl (C=O) groups excluding carboxylic acids is 2. The molecule has 0 aliphatic carbocycles. The average Bonchev–Trinajstić information content (AvgIpc) is 2.59. The Labute approximate surface area is 134 Å². The van der Waals surface area contributed by atoms with Crippen LogP contribution in [0.3, 0.4) is 0 Å². The number of rotatable bonds is 3. The van der Waals surface area contributed by atoms with Gasteiger partial charge in [-0.25, -0.2) is 9.78 Å². The minimum absolute atomic E-state index is 0.114. The standard InChI is InChI=1S/C17H19N3O3/c1-12-6-4-5-9-20(12)16(21)11-23-17(22)15-10-18-13-7-2-3-8-14(13)19-15/h2-3,7-8,10,12H,4-6,9,11H2,1H3. The number of ether oxygens (including phenoxy) is 1. The fourth-order valence-corrected chi connectivity index (χ4v) is 2.81. The van der Waals surface area contributed by atoms with Crippen LogP contribution in [0.15, 0.2) is 30.5 Å². The number of hydrogen-bond acceptors (Lipinski definition) is 5. The maximum Gasteiger partial charge on any atom is 0.359 e. The predicted octanol–water partition coefficient (Wildman–Crippen LogP) is 2.19. The third-order valence-electron chi connectivity index (χ3n) is 4.11. The Balaban J connectivity index is 1.62. The molecule has 6 nitrogen and oxygen atoms in total. The lowest BCUT2D eigenvalue weighted by atomic mass is 10.0. The highest BCUT2D eigenvalue weighted by atomic mass is 16.5. The molecule has 6 heteroatoms. The lowest BCUT2D eigenvalue weighted by Gasteiger charge is -2.33. The molecular weight excluding hydrogens is 294 g/mol. The number of fused-ring (bicyclic) bond motifs is 1. The van der Waals surface area contributed by atoms with Crippen LogP contribution in [0, 0.1) is 0 Å². The Bertz CT molecular complexity index is 732. The number of likely N-dealkylation sites (tertiary alicyclic amines) is 1. The van der Waals surface area contributed by atoms with E-state index in [9.17, 15) is 9.59 Å². The summed E-state index contributed by atoms with van der Waals surface area (Å²) in [4.78, 5) is 34.4. The molecule has 1 aromatic carbocycles. The van der Waals surface area contributed by atoms with Crippen molar-refractivity contribution in [2.75, 3.05) is 13.2 Å². The Hall–Kier alpha value is -2.50. The molecular formula is C17H19N3O3. The lowest BCUT2D eigenvalue weighted by Crippen LogP contribution is -2.44. The number of esters is 1. The van der Waals surface area contributed by atoms with Gasteiger partial charge in [-0.15, -0.1) is 0 Å². The van der Waals surface area contributed by atoms with Gasteiger partial charge >= 0.3 is 5.97 Å². The van der Waals surface area contributed by atoms with Crippen molar-refractivity contribution in [3.05, 3.63) is 36.2 Å². The molecule has 0 N–H and O–H groups in total.